The minimum atomic E-state index is 0.604. The van der Waals surface area contributed by atoms with Crippen molar-refractivity contribution < 1.29 is 4.74 Å². The minimum absolute atomic E-state index is 0.604. The Balaban J connectivity index is 1.83. The number of ether oxygens (including phenoxy) is 1. The molecule has 2 aliphatic rings. The van der Waals surface area contributed by atoms with Crippen LogP contribution in [0, 0.1) is 5.92 Å². The van der Waals surface area contributed by atoms with Gasteiger partial charge in [-0.3, -0.25) is 4.90 Å². The average Bonchev–Trinajstić information content (AvgIpc) is 2.40. The standard InChI is InChI=1S/C15H30N2O/c1-3-8-16-15-7-5-4-6-14(15)11-17-9-10-18-12-13(17)2/h13-16H,3-12H2,1-2H3. The highest BCUT2D eigenvalue weighted by atomic mass is 16.5. The fraction of sp³-hybridized carbons (Fsp3) is 1.00. The molecule has 0 spiro atoms. The van der Waals surface area contributed by atoms with Crippen LogP contribution in [0.3, 0.4) is 0 Å². The fourth-order valence-electron chi connectivity index (χ4n) is 3.36. The lowest BCUT2D eigenvalue weighted by Crippen LogP contribution is -2.50. The van der Waals surface area contributed by atoms with Gasteiger partial charge in [0.15, 0.2) is 0 Å². The highest BCUT2D eigenvalue weighted by molar-refractivity contribution is 4.85. The molecule has 1 N–H and O–H groups in total. The van der Waals surface area contributed by atoms with Gasteiger partial charge >= 0.3 is 0 Å². The summed E-state index contributed by atoms with van der Waals surface area (Å²) in [6, 6.07) is 1.36. The number of nitrogens with one attached hydrogen (secondary N) is 1. The van der Waals surface area contributed by atoms with Crippen molar-refractivity contribution in [2.24, 2.45) is 5.92 Å². The van der Waals surface area contributed by atoms with Gasteiger partial charge in [-0.05, 0) is 38.6 Å². The van der Waals surface area contributed by atoms with E-state index in [1.165, 1.54) is 45.2 Å². The lowest BCUT2D eigenvalue weighted by atomic mass is 9.83. The van der Waals surface area contributed by atoms with E-state index in [0.29, 0.717) is 6.04 Å². The molecule has 1 aliphatic heterocycles. The van der Waals surface area contributed by atoms with Crippen molar-refractivity contribution >= 4 is 0 Å². The number of hydrogen-bond acceptors (Lipinski definition) is 3. The third kappa shape index (κ3) is 3.94. The number of rotatable bonds is 5. The Morgan fingerprint density at radius 2 is 2.11 bits per heavy atom. The largest absolute Gasteiger partial charge is 0.379 e. The second-order valence-corrected chi connectivity index (χ2v) is 6.02. The number of nitrogens with zero attached hydrogens (tertiary/aromatic N) is 1. The van der Waals surface area contributed by atoms with Crippen LogP contribution in [0.15, 0.2) is 0 Å². The Kier molecular flexibility index (Phi) is 5.93. The number of morpholine rings is 1. The van der Waals surface area contributed by atoms with Crippen molar-refractivity contribution in [2.75, 3.05) is 32.8 Å². The lowest BCUT2D eigenvalue weighted by Gasteiger charge is -2.40. The van der Waals surface area contributed by atoms with Crippen LogP contribution in [0.2, 0.25) is 0 Å². The van der Waals surface area contributed by atoms with E-state index in [4.69, 9.17) is 4.74 Å². The molecule has 1 saturated heterocycles. The summed E-state index contributed by atoms with van der Waals surface area (Å²) in [6.07, 6.45) is 6.87. The van der Waals surface area contributed by atoms with Crippen LogP contribution in [0.25, 0.3) is 0 Å². The maximum atomic E-state index is 5.54. The van der Waals surface area contributed by atoms with Crippen LogP contribution in [-0.4, -0.2) is 49.8 Å². The topological polar surface area (TPSA) is 24.5 Å². The third-order valence-corrected chi connectivity index (χ3v) is 4.54. The van der Waals surface area contributed by atoms with Gasteiger partial charge in [0, 0.05) is 25.2 Å². The molecule has 18 heavy (non-hydrogen) atoms. The zero-order valence-electron chi connectivity index (χ0n) is 12.2. The van der Waals surface area contributed by atoms with Gasteiger partial charge in [-0.1, -0.05) is 19.8 Å². The molecule has 1 saturated carbocycles. The van der Waals surface area contributed by atoms with Crippen molar-refractivity contribution in [2.45, 2.75) is 58.0 Å². The van der Waals surface area contributed by atoms with E-state index in [9.17, 15) is 0 Å². The van der Waals surface area contributed by atoms with Gasteiger partial charge in [0.05, 0.1) is 13.2 Å². The molecule has 0 aromatic rings. The van der Waals surface area contributed by atoms with Crippen LogP contribution >= 0.6 is 0 Å². The molecule has 3 nitrogen and oxygen atoms in total. The van der Waals surface area contributed by atoms with E-state index in [0.717, 1.165) is 31.7 Å². The maximum Gasteiger partial charge on any atom is 0.0619 e. The zero-order chi connectivity index (χ0) is 12.8. The molecule has 2 fully saturated rings. The molecular weight excluding hydrogens is 224 g/mol. The molecule has 0 aromatic carbocycles. The molecule has 3 heteroatoms. The molecule has 0 aromatic heterocycles. The maximum absolute atomic E-state index is 5.54. The molecule has 0 bridgehead atoms. The average molecular weight is 254 g/mol. The SMILES string of the molecule is CCCNC1CCCCC1CN1CCOCC1C. The molecule has 2 rings (SSSR count). The van der Waals surface area contributed by atoms with Crippen molar-refractivity contribution in [1.82, 2.24) is 10.2 Å². The van der Waals surface area contributed by atoms with Crippen LogP contribution in [0.5, 0.6) is 0 Å². The predicted octanol–water partition coefficient (Wildman–Crippen LogP) is 2.27. The summed E-state index contributed by atoms with van der Waals surface area (Å²) < 4.78 is 5.54. The van der Waals surface area contributed by atoms with Crippen molar-refractivity contribution in [3.63, 3.8) is 0 Å². The predicted molar refractivity (Wildman–Crippen MR) is 75.9 cm³/mol. The first kappa shape index (κ1) is 14.3. The molecule has 1 aliphatic carbocycles. The van der Waals surface area contributed by atoms with Crippen molar-refractivity contribution in [1.29, 1.82) is 0 Å². The number of hydrogen-bond donors (Lipinski definition) is 1. The Hall–Kier alpha value is -0.120. The van der Waals surface area contributed by atoms with E-state index < -0.39 is 0 Å². The Morgan fingerprint density at radius 3 is 2.89 bits per heavy atom. The minimum Gasteiger partial charge on any atom is -0.379 e. The first-order valence-electron chi connectivity index (χ1n) is 7.86. The van der Waals surface area contributed by atoms with Crippen LogP contribution in [0.1, 0.15) is 46.0 Å². The van der Waals surface area contributed by atoms with E-state index >= 15 is 0 Å². The lowest BCUT2D eigenvalue weighted by molar-refractivity contribution is -0.0124. The summed E-state index contributed by atoms with van der Waals surface area (Å²) in [5, 5.41) is 3.77. The summed E-state index contributed by atoms with van der Waals surface area (Å²) >= 11 is 0. The van der Waals surface area contributed by atoms with E-state index in [1.807, 2.05) is 0 Å². The monoisotopic (exact) mass is 254 g/mol. The van der Waals surface area contributed by atoms with E-state index in [2.05, 4.69) is 24.1 Å². The molecule has 3 unspecified atom stereocenters. The van der Waals surface area contributed by atoms with Crippen molar-refractivity contribution in [3.8, 4) is 0 Å². The molecule has 0 radical (unpaired) electrons. The normalized spacial score (nSPS) is 34.7. The van der Waals surface area contributed by atoms with Gasteiger partial charge in [0.1, 0.15) is 0 Å². The molecule has 3 atom stereocenters. The van der Waals surface area contributed by atoms with Gasteiger partial charge in [-0.15, -0.1) is 0 Å². The summed E-state index contributed by atoms with van der Waals surface area (Å²) in [5.74, 6) is 0.853. The molecule has 106 valence electrons. The van der Waals surface area contributed by atoms with Gasteiger partial charge in [-0.25, -0.2) is 0 Å². The Morgan fingerprint density at radius 1 is 1.28 bits per heavy atom. The summed E-state index contributed by atoms with van der Waals surface area (Å²) in [6.45, 7) is 9.97. The summed E-state index contributed by atoms with van der Waals surface area (Å²) in [5.41, 5.74) is 0. The molecular formula is C15H30N2O. The van der Waals surface area contributed by atoms with Crippen LogP contribution in [-0.2, 0) is 4.74 Å². The zero-order valence-corrected chi connectivity index (χ0v) is 12.2. The van der Waals surface area contributed by atoms with Gasteiger partial charge in [0.2, 0.25) is 0 Å². The molecule has 0 amide bonds. The van der Waals surface area contributed by atoms with Gasteiger partial charge in [0.25, 0.3) is 0 Å². The highest BCUT2D eigenvalue weighted by Gasteiger charge is 2.28. The first-order chi connectivity index (χ1) is 8.81. The summed E-state index contributed by atoms with van der Waals surface area (Å²) in [7, 11) is 0. The first-order valence-corrected chi connectivity index (χ1v) is 7.86. The molecule has 1 heterocycles. The Labute approximate surface area is 112 Å². The van der Waals surface area contributed by atoms with Gasteiger partial charge < -0.3 is 10.1 Å². The van der Waals surface area contributed by atoms with Gasteiger partial charge in [-0.2, -0.15) is 0 Å². The van der Waals surface area contributed by atoms with E-state index in [1.54, 1.807) is 0 Å². The smallest absolute Gasteiger partial charge is 0.0619 e. The second-order valence-electron chi connectivity index (χ2n) is 6.02. The second kappa shape index (κ2) is 7.46. The van der Waals surface area contributed by atoms with Crippen molar-refractivity contribution in [3.05, 3.63) is 0 Å². The Bertz CT molecular complexity index is 235. The third-order valence-electron chi connectivity index (χ3n) is 4.54. The summed E-state index contributed by atoms with van der Waals surface area (Å²) in [4.78, 5) is 2.64. The van der Waals surface area contributed by atoms with Crippen LogP contribution < -0.4 is 5.32 Å². The fourth-order valence-corrected chi connectivity index (χ4v) is 3.36. The highest BCUT2D eigenvalue weighted by Crippen LogP contribution is 2.26. The van der Waals surface area contributed by atoms with E-state index in [-0.39, 0.29) is 0 Å². The van der Waals surface area contributed by atoms with Crippen LogP contribution in [0.4, 0.5) is 0 Å². The quantitative estimate of drug-likeness (QED) is 0.814.